The maximum Gasteiger partial charge on any atom is 0.320 e. The average molecular weight is 280 g/mol. The molecule has 1 saturated carbocycles. The third kappa shape index (κ3) is 4.03. The fraction of sp³-hybridized carbons (Fsp3) is 0.429. The van der Waals surface area contributed by atoms with E-state index < -0.39 is 17.8 Å². The fourth-order valence-corrected chi connectivity index (χ4v) is 2.00. The van der Waals surface area contributed by atoms with Crippen molar-refractivity contribution in [1.29, 1.82) is 0 Å². The third-order valence-electron chi connectivity index (χ3n) is 3.22. The van der Waals surface area contributed by atoms with Crippen LogP contribution in [0.4, 0.5) is 10.1 Å². The minimum Gasteiger partial charge on any atom is -0.480 e. The molecule has 1 fully saturated rings. The number of hydrogen-bond donors (Lipinski definition) is 3. The van der Waals surface area contributed by atoms with E-state index in [1.54, 1.807) is 12.1 Å². The second-order valence-electron chi connectivity index (χ2n) is 4.89. The van der Waals surface area contributed by atoms with E-state index in [4.69, 9.17) is 5.11 Å². The number of benzene rings is 1. The van der Waals surface area contributed by atoms with Crippen LogP contribution in [0.3, 0.4) is 0 Å². The van der Waals surface area contributed by atoms with Crippen LogP contribution in [-0.4, -0.2) is 29.6 Å². The zero-order valence-corrected chi connectivity index (χ0v) is 10.9. The van der Waals surface area contributed by atoms with Gasteiger partial charge in [-0.3, -0.25) is 9.59 Å². The summed E-state index contributed by atoms with van der Waals surface area (Å²) in [5.74, 6) is -1.55. The molecule has 0 saturated heterocycles. The highest BCUT2D eigenvalue weighted by atomic mass is 19.1. The molecule has 1 atom stereocenters. The zero-order valence-electron chi connectivity index (χ0n) is 10.9. The summed E-state index contributed by atoms with van der Waals surface area (Å²) < 4.78 is 13.3. The number of hydrogen-bond acceptors (Lipinski definition) is 3. The number of aliphatic carboxylic acids is 1. The predicted molar refractivity (Wildman–Crippen MR) is 71.8 cm³/mol. The lowest BCUT2D eigenvalue weighted by Gasteiger charge is -2.13. The molecule has 6 heteroatoms. The van der Waals surface area contributed by atoms with Crippen LogP contribution in [0.5, 0.6) is 0 Å². The number of halogens is 1. The molecule has 0 aromatic heterocycles. The number of anilines is 1. The van der Waals surface area contributed by atoms with Crippen LogP contribution in [0.25, 0.3) is 0 Å². The quantitative estimate of drug-likeness (QED) is 0.709. The van der Waals surface area contributed by atoms with Crippen molar-refractivity contribution in [2.75, 3.05) is 11.9 Å². The number of carboxylic acids is 1. The maximum atomic E-state index is 13.3. The van der Waals surface area contributed by atoms with Gasteiger partial charge in [-0.15, -0.1) is 0 Å². The van der Waals surface area contributed by atoms with Gasteiger partial charge in [0.15, 0.2) is 0 Å². The Hall–Kier alpha value is -1.95. The van der Waals surface area contributed by atoms with Crippen LogP contribution >= 0.6 is 0 Å². The van der Waals surface area contributed by atoms with E-state index in [9.17, 15) is 14.0 Å². The molecular formula is C14H17FN2O3. The Bertz CT molecular complexity index is 503. The number of rotatable bonds is 7. The molecule has 5 nitrogen and oxygen atoms in total. The zero-order chi connectivity index (χ0) is 14.5. The third-order valence-corrected chi connectivity index (χ3v) is 3.22. The van der Waals surface area contributed by atoms with Crippen LogP contribution in [-0.2, 0) is 9.59 Å². The van der Waals surface area contributed by atoms with E-state index in [1.165, 1.54) is 12.1 Å². The molecule has 0 aliphatic heterocycles. The van der Waals surface area contributed by atoms with E-state index in [-0.39, 0.29) is 30.5 Å². The first-order valence-corrected chi connectivity index (χ1v) is 6.58. The molecule has 1 aromatic carbocycles. The van der Waals surface area contributed by atoms with E-state index in [2.05, 4.69) is 10.6 Å². The maximum absolute atomic E-state index is 13.3. The molecule has 108 valence electrons. The summed E-state index contributed by atoms with van der Waals surface area (Å²) >= 11 is 0. The first-order valence-electron chi connectivity index (χ1n) is 6.58. The molecule has 20 heavy (non-hydrogen) atoms. The SMILES string of the molecule is O=C(CCNC(C(=O)O)C1CC1)Nc1ccccc1F. The lowest BCUT2D eigenvalue weighted by molar-refractivity contribution is -0.140. The Morgan fingerprint density at radius 3 is 2.65 bits per heavy atom. The van der Waals surface area contributed by atoms with E-state index in [0.717, 1.165) is 12.8 Å². The highest BCUT2D eigenvalue weighted by molar-refractivity contribution is 5.90. The summed E-state index contributed by atoms with van der Waals surface area (Å²) in [7, 11) is 0. The van der Waals surface area contributed by atoms with Gasteiger partial charge in [0.2, 0.25) is 5.91 Å². The minimum atomic E-state index is -0.887. The molecule has 0 bridgehead atoms. The van der Waals surface area contributed by atoms with Crippen molar-refractivity contribution < 1.29 is 19.1 Å². The van der Waals surface area contributed by atoms with Gasteiger partial charge in [-0.25, -0.2) is 4.39 Å². The highest BCUT2D eigenvalue weighted by Gasteiger charge is 2.35. The Balaban J connectivity index is 1.75. The number of nitrogens with one attached hydrogen (secondary N) is 2. The summed E-state index contributed by atoms with van der Waals surface area (Å²) in [4.78, 5) is 22.6. The van der Waals surface area contributed by atoms with Crippen LogP contribution in [0.1, 0.15) is 19.3 Å². The van der Waals surface area contributed by atoms with Crippen molar-refractivity contribution in [3.63, 3.8) is 0 Å². The van der Waals surface area contributed by atoms with Gasteiger partial charge in [0.05, 0.1) is 5.69 Å². The topological polar surface area (TPSA) is 78.4 Å². The summed E-state index contributed by atoms with van der Waals surface area (Å²) in [6.07, 6.45) is 1.92. The molecule has 2 rings (SSSR count). The van der Waals surface area contributed by atoms with Crippen LogP contribution < -0.4 is 10.6 Å². The Labute approximate surface area is 116 Å². The molecule has 1 amide bonds. The van der Waals surface area contributed by atoms with Gasteiger partial charge in [-0.1, -0.05) is 12.1 Å². The van der Waals surface area contributed by atoms with Crippen molar-refractivity contribution in [3.05, 3.63) is 30.1 Å². The molecule has 0 radical (unpaired) electrons. The van der Waals surface area contributed by atoms with Crippen molar-refractivity contribution in [2.24, 2.45) is 5.92 Å². The first kappa shape index (κ1) is 14.5. The van der Waals surface area contributed by atoms with Crippen LogP contribution in [0.2, 0.25) is 0 Å². The lowest BCUT2D eigenvalue weighted by atomic mass is 10.2. The lowest BCUT2D eigenvalue weighted by Crippen LogP contribution is -2.39. The Morgan fingerprint density at radius 1 is 1.35 bits per heavy atom. The van der Waals surface area contributed by atoms with Crippen molar-refractivity contribution in [2.45, 2.75) is 25.3 Å². The summed E-state index contributed by atoms with van der Waals surface area (Å²) in [5.41, 5.74) is 0.134. The minimum absolute atomic E-state index is 0.102. The van der Waals surface area contributed by atoms with Gasteiger partial charge in [-0.05, 0) is 30.9 Å². The smallest absolute Gasteiger partial charge is 0.320 e. The monoisotopic (exact) mass is 280 g/mol. The number of carbonyl (C=O) groups excluding carboxylic acids is 1. The van der Waals surface area contributed by atoms with Crippen molar-refractivity contribution in [1.82, 2.24) is 5.32 Å². The number of amides is 1. The number of para-hydroxylation sites is 1. The number of carbonyl (C=O) groups is 2. The molecule has 0 heterocycles. The second kappa shape index (κ2) is 6.47. The normalized spacial score (nSPS) is 15.7. The van der Waals surface area contributed by atoms with Gasteiger partial charge in [0.25, 0.3) is 0 Å². The van der Waals surface area contributed by atoms with Crippen LogP contribution in [0, 0.1) is 11.7 Å². The largest absolute Gasteiger partial charge is 0.480 e. The van der Waals surface area contributed by atoms with E-state index >= 15 is 0 Å². The highest BCUT2D eigenvalue weighted by Crippen LogP contribution is 2.32. The Kier molecular flexibility index (Phi) is 4.68. The molecular weight excluding hydrogens is 263 g/mol. The summed E-state index contributed by atoms with van der Waals surface area (Å²) in [5, 5.41) is 14.3. The van der Waals surface area contributed by atoms with Gasteiger partial charge in [0, 0.05) is 13.0 Å². The average Bonchev–Trinajstić information content (AvgIpc) is 3.21. The first-order chi connectivity index (χ1) is 9.58. The molecule has 1 aliphatic rings. The van der Waals surface area contributed by atoms with Gasteiger partial charge in [-0.2, -0.15) is 0 Å². The summed E-state index contributed by atoms with van der Waals surface area (Å²) in [6.45, 7) is 0.258. The standard InChI is InChI=1S/C14H17FN2O3/c15-10-3-1-2-4-11(10)17-12(18)7-8-16-13(14(19)20)9-5-6-9/h1-4,9,13,16H,5-8H2,(H,17,18)(H,19,20). The predicted octanol–water partition coefficient (Wildman–Crippen LogP) is 1.61. The van der Waals surface area contributed by atoms with Gasteiger partial charge in [0.1, 0.15) is 11.9 Å². The molecule has 3 N–H and O–H groups in total. The van der Waals surface area contributed by atoms with Gasteiger partial charge < -0.3 is 15.7 Å². The summed E-state index contributed by atoms with van der Waals surface area (Å²) in [6, 6.07) is 5.33. The van der Waals surface area contributed by atoms with Gasteiger partial charge >= 0.3 is 5.97 Å². The molecule has 1 aliphatic carbocycles. The Morgan fingerprint density at radius 2 is 2.05 bits per heavy atom. The number of carboxylic acid groups (broad SMARTS) is 1. The van der Waals surface area contributed by atoms with E-state index in [0.29, 0.717) is 0 Å². The van der Waals surface area contributed by atoms with Crippen molar-refractivity contribution >= 4 is 17.6 Å². The molecule has 1 unspecified atom stereocenters. The fourth-order valence-electron chi connectivity index (χ4n) is 2.00. The molecule has 0 spiro atoms. The van der Waals surface area contributed by atoms with Crippen molar-refractivity contribution in [3.8, 4) is 0 Å². The second-order valence-corrected chi connectivity index (χ2v) is 4.89. The molecule has 1 aromatic rings. The van der Waals surface area contributed by atoms with E-state index in [1.807, 2.05) is 0 Å². The van der Waals surface area contributed by atoms with Crippen LogP contribution in [0.15, 0.2) is 24.3 Å².